The molecule has 0 bridgehead atoms. The van der Waals surface area contributed by atoms with E-state index in [0.29, 0.717) is 23.9 Å². The summed E-state index contributed by atoms with van der Waals surface area (Å²) >= 11 is 0. The van der Waals surface area contributed by atoms with Gasteiger partial charge >= 0.3 is 0 Å². The summed E-state index contributed by atoms with van der Waals surface area (Å²) in [5.41, 5.74) is 0. The van der Waals surface area contributed by atoms with Gasteiger partial charge in [0.15, 0.2) is 0 Å². The van der Waals surface area contributed by atoms with E-state index in [1.165, 1.54) is 4.31 Å². The van der Waals surface area contributed by atoms with E-state index in [2.05, 4.69) is 26.7 Å². The number of rotatable bonds is 3. The molecule has 0 amide bonds. The zero-order valence-corrected chi connectivity index (χ0v) is 15.2. The number of aromatic nitrogens is 3. The maximum Gasteiger partial charge on any atom is 0.243 e. The van der Waals surface area contributed by atoms with Gasteiger partial charge in [-0.25, -0.2) is 8.42 Å². The second kappa shape index (κ2) is 6.51. The van der Waals surface area contributed by atoms with E-state index in [1.807, 2.05) is 6.07 Å². The number of fused-ring (bicyclic) bond motifs is 1. The highest BCUT2D eigenvalue weighted by molar-refractivity contribution is 7.89. The highest BCUT2D eigenvalue weighted by Gasteiger charge is 2.32. The summed E-state index contributed by atoms with van der Waals surface area (Å²) in [6, 6.07) is 8.59. The minimum atomic E-state index is -3.48. The first-order chi connectivity index (χ1) is 12.1. The van der Waals surface area contributed by atoms with Gasteiger partial charge < -0.3 is 9.47 Å². The Kier molecular flexibility index (Phi) is 4.35. The van der Waals surface area contributed by atoms with Crippen LogP contribution in [0.4, 0.5) is 0 Å². The molecular weight excluding hydrogens is 338 g/mol. The molecule has 8 heteroatoms. The van der Waals surface area contributed by atoms with Crippen LogP contribution in [0.3, 0.4) is 0 Å². The molecule has 1 fully saturated rings. The maximum absolute atomic E-state index is 12.8. The molecule has 0 radical (unpaired) electrons. The highest BCUT2D eigenvalue weighted by atomic mass is 32.2. The summed E-state index contributed by atoms with van der Waals surface area (Å²) in [5.74, 6) is 2.20. The fourth-order valence-electron chi connectivity index (χ4n) is 3.67. The molecule has 1 saturated heterocycles. The van der Waals surface area contributed by atoms with Crippen LogP contribution in [0.15, 0.2) is 35.2 Å². The normalized spacial score (nSPS) is 20.5. The van der Waals surface area contributed by atoms with E-state index in [9.17, 15) is 8.42 Å². The number of nitrogens with zero attached hydrogens (tertiary/aromatic N) is 5. The number of benzene rings is 1. The van der Waals surface area contributed by atoms with Crippen LogP contribution in [-0.2, 0) is 23.1 Å². The first kappa shape index (κ1) is 16.7. The third-order valence-corrected chi connectivity index (χ3v) is 7.07. The van der Waals surface area contributed by atoms with Gasteiger partial charge in [-0.05, 0) is 45.1 Å². The van der Waals surface area contributed by atoms with Crippen LogP contribution in [0.25, 0.3) is 0 Å². The van der Waals surface area contributed by atoms with E-state index in [-0.39, 0.29) is 6.54 Å². The summed E-state index contributed by atoms with van der Waals surface area (Å²) in [7, 11) is -1.34. The van der Waals surface area contributed by atoms with Crippen LogP contribution in [-0.4, -0.2) is 59.1 Å². The summed E-state index contributed by atoms with van der Waals surface area (Å²) < 4.78 is 29.2. The molecule has 4 rings (SSSR count). The fraction of sp³-hybridized carbons (Fsp3) is 0.529. The monoisotopic (exact) mass is 361 g/mol. The molecule has 0 unspecified atom stereocenters. The lowest BCUT2D eigenvalue weighted by Crippen LogP contribution is -2.39. The number of sulfonamides is 1. The first-order valence-corrected chi connectivity index (χ1v) is 10.2. The van der Waals surface area contributed by atoms with Gasteiger partial charge in [0.25, 0.3) is 0 Å². The second-order valence-electron chi connectivity index (χ2n) is 6.86. The van der Waals surface area contributed by atoms with Crippen molar-refractivity contribution in [2.45, 2.75) is 36.7 Å². The largest absolute Gasteiger partial charge is 0.312 e. The third kappa shape index (κ3) is 3.09. The smallest absolute Gasteiger partial charge is 0.243 e. The van der Waals surface area contributed by atoms with Crippen LogP contribution in [0.5, 0.6) is 0 Å². The van der Waals surface area contributed by atoms with Gasteiger partial charge in [0.05, 0.1) is 11.4 Å². The molecule has 134 valence electrons. The number of hydrogen-bond donors (Lipinski definition) is 0. The molecule has 1 aromatic heterocycles. The van der Waals surface area contributed by atoms with Gasteiger partial charge in [0.2, 0.25) is 10.0 Å². The predicted molar refractivity (Wildman–Crippen MR) is 93.5 cm³/mol. The average Bonchev–Trinajstić information content (AvgIpc) is 3.06. The van der Waals surface area contributed by atoms with Gasteiger partial charge in [-0.3, -0.25) is 0 Å². The Morgan fingerprint density at radius 2 is 1.72 bits per heavy atom. The average molecular weight is 361 g/mol. The van der Waals surface area contributed by atoms with Crippen LogP contribution < -0.4 is 0 Å². The molecule has 0 spiro atoms. The third-order valence-electron chi connectivity index (χ3n) is 5.21. The quantitative estimate of drug-likeness (QED) is 0.824. The predicted octanol–water partition coefficient (Wildman–Crippen LogP) is 1.29. The summed E-state index contributed by atoms with van der Waals surface area (Å²) in [6.45, 7) is 3.51. The van der Waals surface area contributed by atoms with Crippen molar-refractivity contribution < 1.29 is 8.42 Å². The maximum atomic E-state index is 12.8. The van der Waals surface area contributed by atoms with Gasteiger partial charge in [-0.1, -0.05) is 18.2 Å². The van der Waals surface area contributed by atoms with Crippen molar-refractivity contribution in [3.05, 3.63) is 42.0 Å². The molecule has 2 aliphatic heterocycles. The molecule has 0 saturated carbocycles. The van der Waals surface area contributed by atoms with E-state index in [1.54, 1.807) is 24.3 Å². The van der Waals surface area contributed by atoms with Crippen molar-refractivity contribution in [2.75, 3.05) is 26.7 Å². The zero-order valence-electron chi connectivity index (χ0n) is 14.4. The van der Waals surface area contributed by atoms with Gasteiger partial charge in [-0.15, -0.1) is 10.2 Å². The van der Waals surface area contributed by atoms with Crippen molar-refractivity contribution >= 4 is 10.0 Å². The van der Waals surface area contributed by atoms with Gasteiger partial charge in [0.1, 0.15) is 11.6 Å². The van der Waals surface area contributed by atoms with Crippen LogP contribution >= 0.6 is 0 Å². The van der Waals surface area contributed by atoms with Gasteiger partial charge in [-0.2, -0.15) is 4.31 Å². The molecule has 2 aliphatic rings. The number of hydrogen-bond acceptors (Lipinski definition) is 5. The Morgan fingerprint density at radius 3 is 2.44 bits per heavy atom. The van der Waals surface area contributed by atoms with E-state index in [0.717, 1.165) is 37.6 Å². The summed E-state index contributed by atoms with van der Waals surface area (Å²) in [6.07, 6.45) is 2.17. The highest BCUT2D eigenvalue weighted by Crippen LogP contribution is 2.29. The van der Waals surface area contributed by atoms with Crippen molar-refractivity contribution in [2.24, 2.45) is 0 Å². The lowest BCUT2D eigenvalue weighted by atomic mass is 9.96. The van der Waals surface area contributed by atoms with Crippen molar-refractivity contribution in [3.8, 4) is 0 Å². The number of piperidine rings is 1. The second-order valence-corrected chi connectivity index (χ2v) is 8.79. The minimum Gasteiger partial charge on any atom is -0.312 e. The van der Waals surface area contributed by atoms with Crippen LogP contribution in [0.1, 0.15) is 30.4 Å². The SMILES string of the molecule is CN1CCC(c2nnc3n2CCN(S(=O)(=O)c2ccccc2)C3)CC1. The topological polar surface area (TPSA) is 71.3 Å². The first-order valence-electron chi connectivity index (χ1n) is 8.71. The molecule has 2 aromatic rings. The standard InChI is InChI=1S/C17H23N5O2S/c1-20-9-7-14(8-10-20)17-19-18-16-13-21(11-12-22(16)17)25(23,24)15-5-3-2-4-6-15/h2-6,14H,7-13H2,1H3. The lowest BCUT2D eigenvalue weighted by molar-refractivity contribution is 0.245. The number of likely N-dealkylation sites (tertiary alicyclic amines) is 1. The Labute approximate surface area is 148 Å². The lowest BCUT2D eigenvalue weighted by Gasteiger charge is -2.31. The fourth-order valence-corrected chi connectivity index (χ4v) is 5.08. The molecule has 0 N–H and O–H groups in total. The van der Waals surface area contributed by atoms with Crippen molar-refractivity contribution in [3.63, 3.8) is 0 Å². The Balaban J connectivity index is 1.55. The summed E-state index contributed by atoms with van der Waals surface area (Å²) in [5, 5.41) is 8.71. The molecule has 7 nitrogen and oxygen atoms in total. The van der Waals surface area contributed by atoms with Crippen LogP contribution in [0.2, 0.25) is 0 Å². The Bertz CT molecular complexity index is 841. The molecular formula is C17H23N5O2S. The van der Waals surface area contributed by atoms with E-state index in [4.69, 9.17) is 0 Å². The van der Waals surface area contributed by atoms with E-state index < -0.39 is 10.0 Å². The Morgan fingerprint density at radius 1 is 1.00 bits per heavy atom. The molecule has 25 heavy (non-hydrogen) atoms. The van der Waals surface area contributed by atoms with Crippen LogP contribution in [0, 0.1) is 0 Å². The molecule has 0 atom stereocenters. The Hall–Kier alpha value is -1.77. The van der Waals surface area contributed by atoms with E-state index >= 15 is 0 Å². The summed E-state index contributed by atoms with van der Waals surface area (Å²) in [4.78, 5) is 2.66. The molecule has 1 aromatic carbocycles. The molecule has 3 heterocycles. The minimum absolute atomic E-state index is 0.289. The van der Waals surface area contributed by atoms with Crippen molar-refractivity contribution in [1.82, 2.24) is 24.0 Å². The molecule has 0 aliphatic carbocycles. The zero-order chi connectivity index (χ0) is 17.4. The van der Waals surface area contributed by atoms with Gasteiger partial charge in [0, 0.05) is 19.0 Å². The van der Waals surface area contributed by atoms with Crippen molar-refractivity contribution in [1.29, 1.82) is 0 Å².